The highest BCUT2D eigenvalue weighted by Gasteiger charge is 2.23. The Bertz CT molecular complexity index is 1050. The first kappa shape index (κ1) is 23.8. The van der Waals surface area contributed by atoms with Crippen molar-refractivity contribution in [3.05, 3.63) is 66.2 Å². The van der Waals surface area contributed by atoms with Crippen LogP contribution in [0.1, 0.15) is 5.56 Å². The van der Waals surface area contributed by atoms with Crippen LogP contribution in [0.5, 0.6) is 0 Å². The zero-order valence-electron chi connectivity index (χ0n) is 17.8. The van der Waals surface area contributed by atoms with Crippen molar-refractivity contribution in [2.45, 2.75) is 11.8 Å². The summed E-state index contributed by atoms with van der Waals surface area (Å²) in [6.45, 7) is 2.21. The number of hydrogen-bond acceptors (Lipinski definition) is 4. The molecule has 0 saturated carbocycles. The van der Waals surface area contributed by atoms with Crippen molar-refractivity contribution in [1.82, 2.24) is 14.7 Å². The number of nitrogens with one attached hydrogen (secondary N) is 1. The number of carbonyl (C=O) groups excluding carboxylic acids is 2. The van der Waals surface area contributed by atoms with Crippen LogP contribution in [-0.2, 0) is 14.3 Å². The lowest BCUT2D eigenvalue weighted by atomic mass is 10.1. The molecule has 32 heavy (non-hydrogen) atoms. The van der Waals surface area contributed by atoms with E-state index < -0.39 is 16.7 Å². The topological polar surface area (TPSA) is 76.5 Å². The molecular formula is C23H24Cl2N4O3. The largest absolute Gasteiger partial charge is 0.383 e. The van der Waals surface area contributed by atoms with Crippen molar-refractivity contribution in [1.29, 1.82) is 0 Å². The van der Waals surface area contributed by atoms with Gasteiger partial charge in [0.05, 0.1) is 18.0 Å². The number of rotatable bonds is 9. The summed E-state index contributed by atoms with van der Waals surface area (Å²) in [5, 5.41) is 7.54. The van der Waals surface area contributed by atoms with Gasteiger partial charge in [0.1, 0.15) is 12.4 Å². The number of amides is 2. The Hall–Kier alpha value is -2.87. The third-order valence-corrected chi connectivity index (χ3v) is 5.10. The van der Waals surface area contributed by atoms with Crippen molar-refractivity contribution in [2.75, 3.05) is 32.1 Å². The van der Waals surface area contributed by atoms with Gasteiger partial charge in [0.2, 0.25) is 5.91 Å². The molecule has 0 aliphatic rings. The highest BCUT2D eigenvalue weighted by molar-refractivity contribution is 6.53. The van der Waals surface area contributed by atoms with Gasteiger partial charge in [-0.2, -0.15) is 5.10 Å². The maximum Gasteiger partial charge on any atom is 0.256 e. The molecule has 0 radical (unpaired) electrons. The van der Waals surface area contributed by atoms with E-state index in [1.165, 1.54) is 12.0 Å². The Kier molecular flexibility index (Phi) is 8.27. The molecule has 0 aliphatic carbocycles. The van der Waals surface area contributed by atoms with Gasteiger partial charge in [0, 0.05) is 25.3 Å². The molecule has 1 N–H and O–H groups in total. The maximum atomic E-state index is 12.8. The van der Waals surface area contributed by atoms with E-state index in [0.29, 0.717) is 11.5 Å². The van der Waals surface area contributed by atoms with Crippen molar-refractivity contribution < 1.29 is 14.3 Å². The molecule has 2 aromatic carbocycles. The fourth-order valence-electron chi connectivity index (χ4n) is 3.07. The van der Waals surface area contributed by atoms with Gasteiger partial charge in [-0.05, 0) is 19.1 Å². The van der Waals surface area contributed by atoms with Gasteiger partial charge < -0.3 is 15.0 Å². The minimum absolute atomic E-state index is 0.186. The van der Waals surface area contributed by atoms with E-state index >= 15 is 0 Å². The lowest BCUT2D eigenvalue weighted by Gasteiger charge is -2.22. The van der Waals surface area contributed by atoms with E-state index in [9.17, 15) is 9.59 Å². The summed E-state index contributed by atoms with van der Waals surface area (Å²) < 4.78 is 6.67. The van der Waals surface area contributed by atoms with Crippen LogP contribution in [0.15, 0.2) is 60.7 Å². The monoisotopic (exact) mass is 474 g/mol. The molecule has 2 amide bonds. The maximum absolute atomic E-state index is 12.8. The van der Waals surface area contributed by atoms with Crippen LogP contribution in [0, 0.1) is 6.92 Å². The Balaban J connectivity index is 1.88. The minimum Gasteiger partial charge on any atom is -0.383 e. The van der Waals surface area contributed by atoms with Gasteiger partial charge in [-0.15, -0.1) is 0 Å². The SMILES string of the molecule is COCCN(CC(=O)Nc1cc(-c2ccccc2)nn1-c1ccc(C)cc1)C(=O)C(Cl)Cl. The average molecular weight is 475 g/mol. The summed E-state index contributed by atoms with van der Waals surface area (Å²) in [6, 6.07) is 19.2. The highest BCUT2D eigenvalue weighted by Crippen LogP contribution is 2.25. The quantitative estimate of drug-likeness (QED) is 0.474. The van der Waals surface area contributed by atoms with Crippen molar-refractivity contribution in [3.63, 3.8) is 0 Å². The third-order valence-electron chi connectivity index (χ3n) is 4.72. The molecule has 3 aromatic rings. The van der Waals surface area contributed by atoms with E-state index in [0.717, 1.165) is 16.8 Å². The molecule has 1 aromatic heterocycles. The molecule has 0 bridgehead atoms. The van der Waals surface area contributed by atoms with Gasteiger partial charge in [0.15, 0.2) is 4.84 Å². The molecule has 0 unspecified atom stereocenters. The van der Waals surface area contributed by atoms with Crippen LogP contribution in [0.2, 0.25) is 0 Å². The van der Waals surface area contributed by atoms with Gasteiger partial charge in [-0.25, -0.2) is 4.68 Å². The number of alkyl halides is 2. The summed E-state index contributed by atoms with van der Waals surface area (Å²) in [7, 11) is 1.51. The van der Waals surface area contributed by atoms with Crippen LogP contribution in [0.3, 0.4) is 0 Å². The Morgan fingerprint density at radius 2 is 1.81 bits per heavy atom. The van der Waals surface area contributed by atoms with Gasteiger partial charge >= 0.3 is 0 Å². The molecule has 168 valence electrons. The van der Waals surface area contributed by atoms with Crippen molar-refractivity contribution in [2.24, 2.45) is 0 Å². The number of hydrogen-bond donors (Lipinski definition) is 1. The Morgan fingerprint density at radius 1 is 1.12 bits per heavy atom. The molecule has 0 spiro atoms. The Labute approximate surface area is 196 Å². The number of halogens is 2. The molecule has 1 heterocycles. The third kappa shape index (κ3) is 6.09. The normalized spacial score (nSPS) is 10.9. The molecule has 3 rings (SSSR count). The number of nitrogens with zero attached hydrogens (tertiary/aromatic N) is 3. The first-order chi connectivity index (χ1) is 15.4. The highest BCUT2D eigenvalue weighted by atomic mass is 35.5. The first-order valence-electron chi connectivity index (χ1n) is 9.97. The molecule has 0 fully saturated rings. The molecule has 0 saturated heterocycles. The second-order valence-electron chi connectivity index (χ2n) is 7.13. The van der Waals surface area contributed by atoms with Crippen LogP contribution in [0.25, 0.3) is 16.9 Å². The van der Waals surface area contributed by atoms with E-state index in [2.05, 4.69) is 10.4 Å². The van der Waals surface area contributed by atoms with E-state index in [1.54, 1.807) is 10.7 Å². The lowest BCUT2D eigenvalue weighted by molar-refractivity contribution is -0.133. The number of anilines is 1. The molecule has 0 atom stereocenters. The van der Waals surface area contributed by atoms with Gasteiger partial charge in [0.25, 0.3) is 5.91 Å². The number of benzene rings is 2. The van der Waals surface area contributed by atoms with Crippen LogP contribution in [0.4, 0.5) is 5.82 Å². The first-order valence-corrected chi connectivity index (χ1v) is 10.8. The standard InChI is InChI=1S/C23H24Cl2N4O3/c1-16-8-10-18(11-9-16)29-20(14-19(27-29)17-6-4-3-5-7-17)26-21(30)15-28(12-13-32-2)23(31)22(24)25/h3-11,14,22H,12-13,15H2,1-2H3,(H,26,30). The zero-order valence-corrected chi connectivity index (χ0v) is 19.3. The summed E-state index contributed by atoms with van der Waals surface area (Å²) in [5.41, 5.74) is 3.52. The number of carbonyl (C=O) groups is 2. The predicted molar refractivity (Wildman–Crippen MR) is 126 cm³/mol. The molecule has 7 nitrogen and oxygen atoms in total. The van der Waals surface area contributed by atoms with Crippen LogP contribution >= 0.6 is 23.2 Å². The van der Waals surface area contributed by atoms with E-state index in [4.69, 9.17) is 27.9 Å². The molecule has 0 aliphatic heterocycles. The fraction of sp³-hybridized carbons (Fsp3) is 0.261. The predicted octanol–water partition coefficient (Wildman–Crippen LogP) is 4.06. The summed E-state index contributed by atoms with van der Waals surface area (Å²) in [4.78, 5) is 25.1. The average Bonchev–Trinajstić information content (AvgIpc) is 3.20. The second kappa shape index (κ2) is 11.1. The molecule has 9 heteroatoms. The van der Waals surface area contributed by atoms with Crippen molar-refractivity contribution >= 4 is 40.8 Å². The number of aromatic nitrogens is 2. The molecular weight excluding hydrogens is 451 g/mol. The van der Waals surface area contributed by atoms with Gasteiger partial charge in [-0.1, -0.05) is 71.2 Å². The van der Waals surface area contributed by atoms with Crippen molar-refractivity contribution in [3.8, 4) is 16.9 Å². The zero-order chi connectivity index (χ0) is 23.1. The van der Waals surface area contributed by atoms with E-state index in [-0.39, 0.29) is 19.7 Å². The van der Waals surface area contributed by atoms with Gasteiger partial charge in [-0.3, -0.25) is 9.59 Å². The number of ether oxygens (including phenoxy) is 1. The lowest BCUT2D eigenvalue weighted by Crippen LogP contribution is -2.42. The summed E-state index contributed by atoms with van der Waals surface area (Å²) in [5.74, 6) is -0.487. The minimum atomic E-state index is -1.26. The second-order valence-corrected chi connectivity index (χ2v) is 8.23. The smallest absolute Gasteiger partial charge is 0.256 e. The number of aryl methyl sites for hydroxylation is 1. The van der Waals surface area contributed by atoms with Crippen LogP contribution < -0.4 is 5.32 Å². The number of methoxy groups -OCH3 is 1. The summed E-state index contributed by atoms with van der Waals surface area (Å²) in [6.07, 6.45) is 0. The van der Waals surface area contributed by atoms with E-state index in [1.807, 2.05) is 61.5 Å². The Morgan fingerprint density at radius 3 is 2.44 bits per heavy atom. The fourth-order valence-corrected chi connectivity index (χ4v) is 3.34. The summed E-state index contributed by atoms with van der Waals surface area (Å²) >= 11 is 11.4. The van der Waals surface area contributed by atoms with Crippen LogP contribution in [-0.4, -0.2) is 58.1 Å².